The number of aromatic nitrogens is 2. The first-order chi connectivity index (χ1) is 7.88. The third-order valence-corrected chi connectivity index (χ3v) is 3.35. The molecular weight excluding hydrogens is 226 g/mol. The van der Waals surface area contributed by atoms with Gasteiger partial charge in [0.2, 0.25) is 5.89 Å². The van der Waals surface area contributed by atoms with Crippen molar-refractivity contribution in [2.45, 2.75) is 44.4 Å². The fourth-order valence-electron chi connectivity index (χ4n) is 2.26. The Bertz CT molecular complexity index is 310. The van der Waals surface area contributed by atoms with Crippen molar-refractivity contribution in [2.24, 2.45) is 5.92 Å². The van der Waals surface area contributed by atoms with E-state index < -0.39 is 0 Å². The molecule has 1 saturated carbocycles. The average Bonchev–Trinajstić information content (AvgIpc) is 2.95. The van der Waals surface area contributed by atoms with E-state index >= 15 is 0 Å². The molecule has 0 aliphatic heterocycles. The molecule has 1 aliphatic rings. The Morgan fingerprint density at radius 3 is 2.81 bits per heavy atom. The lowest BCUT2D eigenvalue weighted by Crippen LogP contribution is -2.04. The smallest absolute Gasteiger partial charge is 0.315 e. The minimum absolute atomic E-state index is 0.275. The molecule has 4 nitrogen and oxygen atoms in total. The standard InChI is InChI=1S/C11H18ClN3O/c12-8-10-14-15-11(16-10)13-7-3-6-9-4-1-2-5-9/h9H,1-8H2,(H,13,15). The second-order valence-electron chi connectivity index (χ2n) is 4.35. The van der Waals surface area contributed by atoms with Gasteiger partial charge in [0, 0.05) is 6.54 Å². The third-order valence-electron chi connectivity index (χ3n) is 3.12. The summed E-state index contributed by atoms with van der Waals surface area (Å²) in [5.74, 6) is 1.69. The molecule has 16 heavy (non-hydrogen) atoms. The zero-order valence-corrected chi connectivity index (χ0v) is 10.2. The van der Waals surface area contributed by atoms with E-state index in [1.165, 1.54) is 38.5 Å². The van der Waals surface area contributed by atoms with Crippen LogP contribution in [0, 0.1) is 5.92 Å². The van der Waals surface area contributed by atoms with Crippen molar-refractivity contribution < 1.29 is 4.42 Å². The van der Waals surface area contributed by atoms with Gasteiger partial charge in [-0.3, -0.25) is 0 Å². The highest BCUT2D eigenvalue weighted by molar-refractivity contribution is 6.16. The summed E-state index contributed by atoms with van der Waals surface area (Å²) >= 11 is 5.56. The molecule has 1 fully saturated rings. The summed E-state index contributed by atoms with van der Waals surface area (Å²) in [4.78, 5) is 0. The number of nitrogens with zero attached hydrogens (tertiary/aromatic N) is 2. The van der Waals surface area contributed by atoms with E-state index in [0.717, 1.165) is 12.5 Å². The maximum atomic E-state index is 5.56. The average molecular weight is 244 g/mol. The van der Waals surface area contributed by atoms with Crippen molar-refractivity contribution >= 4 is 17.6 Å². The normalized spacial score (nSPS) is 16.8. The Morgan fingerprint density at radius 2 is 2.12 bits per heavy atom. The summed E-state index contributed by atoms with van der Waals surface area (Å²) < 4.78 is 5.24. The van der Waals surface area contributed by atoms with Gasteiger partial charge >= 0.3 is 6.01 Å². The Morgan fingerprint density at radius 1 is 1.31 bits per heavy atom. The fraction of sp³-hybridized carbons (Fsp3) is 0.818. The SMILES string of the molecule is ClCc1nnc(NCCCC2CCCC2)o1. The number of hydrogen-bond donors (Lipinski definition) is 1. The molecule has 0 unspecified atom stereocenters. The Balaban J connectivity index is 1.60. The van der Waals surface area contributed by atoms with Crippen LogP contribution in [0.5, 0.6) is 0 Å². The fourth-order valence-corrected chi connectivity index (χ4v) is 2.37. The van der Waals surface area contributed by atoms with Gasteiger partial charge in [0.25, 0.3) is 0 Å². The predicted molar refractivity (Wildman–Crippen MR) is 63.5 cm³/mol. The molecule has 0 saturated heterocycles. The van der Waals surface area contributed by atoms with Crippen LogP contribution in [0.2, 0.25) is 0 Å². The van der Waals surface area contributed by atoms with E-state index in [4.69, 9.17) is 16.0 Å². The third kappa shape index (κ3) is 3.37. The highest BCUT2D eigenvalue weighted by Gasteiger charge is 2.14. The molecule has 1 N–H and O–H groups in total. The van der Waals surface area contributed by atoms with Gasteiger partial charge in [-0.15, -0.1) is 16.7 Å². The van der Waals surface area contributed by atoms with Crippen molar-refractivity contribution in [3.63, 3.8) is 0 Å². The van der Waals surface area contributed by atoms with Gasteiger partial charge in [-0.25, -0.2) is 0 Å². The van der Waals surface area contributed by atoms with E-state index in [9.17, 15) is 0 Å². The molecule has 1 aromatic heterocycles. The molecule has 0 aromatic carbocycles. The number of halogens is 1. The van der Waals surface area contributed by atoms with Crippen LogP contribution in [-0.2, 0) is 5.88 Å². The molecule has 0 radical (unpaired) electrons. The van der Waals surface area contributed by atoms with Crippen molar-refractivity contribution in [3.05, 3.63) is 5.89 Å². The molecule has 1 heterocycles. The van der Waals surface area contributed by atoms with Gasteiger partial charge < -0.3 is 9.73 Å². The summed E-state index contributed by atoms with van der Waals surface area (Å²) in [7, 11) is 0. The molecule has 90 valence electrons. The summed E-state index contributed by atoms with van der Waals surface area (Å²) in [5.41, 5.74) is 0. The van der Waals surface area contributed by atoms with E-state index in [1.54, 1.807) is 0 Å². The van der Waals surface area contributed by atoms with Gasteiger partial charge in [-0.2, -0.15) is 0 Å². The summed E-state index contributed by atoms with van der Waals surface area (Å²) in [6.45, 7) is 0.903. The van der Waals surface area contributed by atoms with Crippen LogP contribution >= 0.6 is 11.6 Å². The molecule has 0 amide bonds. The van der Waals surface area contributed by atoms with Crippen LogP contribution in [0.15, 0.2) is 4.42 Å². The molecule has 5 heteroatoms. The first kappa shape index (κ1) is 11.7. The van der Waals surface area contributed by atoms with Gasteiger partial charge in [0.15, 0.2) is 0 Å². The minimum Gasteiger partial charge on any atom is -0.407 e. The van der Waals surface area contributed by atoms with Crippen LogP contribution in [0.1, 0.15) is 44.4 Å². The largest absolute Gasteiger partial charge is 0.407 e. The number of hydrogen-bond acceptors (Lipinski definition) is 4. The molecular formula is C11H18ClN3O. The predicted octanol–water partition coefficient (Wildman–Crippen LogP) is 3.19. The lowest BCUT2D eigenvalue weighted by Gasteiger charge is -2.07. The van der Waals surface area contributed by atoms with Crippen LogP contribution in [0.25, 0.3) is 0 Å². The second kappa shape index (κ2) is 6.09. The Hall–Kier alpha value is -0.770. The Labute approximate surface area is 101 Å². The summed E-state index contributed by atoms with van der Waals surface area (Å²) in [6.07, 6.45) is 8.14. The quantitative estimate of drug-likeness (QED) is 0.616. The highest BCUT2D eigenvalue weighted by atomic mass is 35.5. The van der Waals surface area contributed by atoms with Crippen LogP contribution in [0.3, 0.4) is 0 Å². The lowest BCUT2D eigenvalue weighted by molar-refractivity contribution is 0.485. The zero-order chi connectivity index (χ0) is 11.2. The van der Waals surface area contributed by atoms with Crippen molar-refractivity contribution in [1.82, 2.24) is 10.2 Å². The van der Waals surface area contributed by atoms with E-state index in [-0.39, 0.29) is 5.88 Å². The molecule has 0 atom stereocenters. The first-order valence-corrected chi connectivity index (χ1v) is 6.54. The van der Waals surface area contributed by atoms with Crippen molar-refractivity contribution in [3.8, 4) is 0 Å². The summed E-state index contributed by atoms with van der Waals surface area (Å²) in [5, 5.41) is 10.7. The number of nitrogens with one attached hydrogen (secondary N) is 1. The van der Waals surface area contributed by atoms with Gasteiger partial charge in [0.05, 0.1) is 0 Å². The topological polar surface area (TPSA) is 51.0 Å². The number of alkyl halides is 1. The van der Waals surface area contributed by atoms with E-state index in [1.807, 2.05) is 0 Å². The van der Waals surface area contributed by atoms with Gasteiger partial charge in [-0.05, 0) is 18.8 Å². The van der Waals surface area contributed by atoms with Crippen molar-refractivity contribution in [1.29, 1.82) is 0 Å². The Kier molecular flexibility index (Phi) is 4.45. The lowest BCUT2D eigenvalue weighted by atomic mass is 10.0. The van der Waals surface area contributed by atoms with Gasteiger partial charge in [-0.1, -0.05) is 30.8 Å². The maximum absolute atomic E-state index is 5.56. The molecule has 0 spiro atoms. The van der Waals surface area contributed by atoms with Crippen LogP contribution in [0.4, 0.5) is 6.01 Å². The van der Waals surface area contributed by atoms with E-state index in [0.29, 0.717) is 11.9 Å². The van der Waals surface area contributed by atoms with Crippen LogP contribution < -0.4 is 5.32 Å². The number of rotatable bonds is 6. The molecule has 1 aromatic rings. The van der Waals surface area contributed by atoms with Crippen molar-refractivity contribution in [2.75, 3.05) is 11.9 Å². The monoisotopic (exact) mass is 243 g/mol. The molecule has 1 aliphatic carbocycles. The number of anilines is 1. The minimum atomic E-state index is 0.275. The highest BCUT2D eigenvalue weighted by Crippen LogP contribution is 2.28. The molecule has 2 rings (SSSR count). The molecule has 0 bridgehead atoms. The van der Waals surface area contributed by atoms with Crippen LogP contribution in [-0.4, -0.2) is 16.7 Å². The first-order valence-electron chi connectivity index (χ1n) is 6.00. The second-order valence-corrected chi connectivity index (χ2v) is 4.62. The zero-order valence-electron chi connectivity index (χ0n) is 9.41. The van der Waals surface area contributed by atoms with Gasteiger partial charge in [0.1, 0.15) is 5.88 Å². The van der Waals surface area contributed by atoms with E-state index in [2.05, 4.69) is 15.5 Å². The summed E-state index contributed by atoms with van der Waals surface area (Å²) in [6, 6.07) is 0.488. The maximum Gasteiger partial charge on any atom is 0.315 e.